The van der Waals surface area contributed by atoms with Crippen LogP contribution in [-0.4, -0.2) is 37.6 Å². The second kappa shape index (κ2) is 8.09. The summed E-state index contributed by atoms with van der Waals surface area (Å²) in [7, 11) is 0. The van der Waals surface area contributed by atoms with Crippen molar-refractivity contribution in [3.8, 4) is 23.0 Å². The van der Waals surface area contributed by atoms with Gasteiger partial charge >= 0.3 is 0 Å². The van der Waals surface area contributed by atoms with Crippen molar-refractivity contribution in [3.63, 3.8) is 0 Å². The highest BCUT2D eigenvalue weighted by molar-refractivity contribution is 7.08. The van der Waals surface area contributed by atoms with Gasteiger partial charge in [-0.2, -0.15) is 16.3 Å². The van der Waals surface area contributed by atoms with Crippen molar-refractivity contribution < 1.29 is 13.7 Å². The first-order chi connectivity index (χ1) is 13.7. The molecular formula is C18H15FN6O2S. The van der Waals surface area contributed by atoms with Crippen LogP contribution < -0.4 is 5.32 Å². The fourth-order valence-corrected chi connectivity index (χ4v) is 3.18. The molecule has 1 amide bonds. The van der Waals surface area contributed by atoms with Gasteiger partial charge in [0, 0.05) is 17.5 Å². The molecule has 10 heteroatoms. The summed E-state index contributed by atoms with van der Waals surface area (Å²) in [6.07, 6.45) is 1.79. The summed E-state index contributed by atoms with van der Waals surface area (Å²) in [5, 5.41) is 18.6. The minimum Gasteiger partial charge on any atom is -0.354 e. The van der Waals surface area contributed by atoms with Crippen molar-refractivity contribution in [2.24, 2.45) is 0 Å². The Hall–Kier alpha value is -3.40. The van der Waals surface area contributed by atoms with E-state index in [1.54, 1.807) is 34.3 Å². The number of halogens is 1. The van der Waals surface area contributed by atoms with Gasteiger partial charge in [-0.1, -0.05) is 22.5 Å². The first kappa shape index (κ1) is 18.0. The van der Waals surface area contributed by atoms with E-state index in [0.717, 1.165) is 5.56 Å². The third kappa shape index (κ3) is 4.29. The molecule has 0 spiro atoms. The van der Waals surface area contributed by atoms with Gasteiger partial charge in [0.2, 0.25) is 11.7 Å². The Kier molecular flexibility index (Phi) is 5.20. The summed E-state index contributed by atoms with van der Waals surface area (Å²) in [4.78, 5) is 16.3. The van der Waals surface area contributed by atoms with Crippen LogP contribution in [0.1, 0.15) is 5.56 Å². The van der Waals surface area contributed by atoms with E-state index in [2.05, 4.69) is 25.8 Å². The van der Waals surface area contributed by atoms with E-state index in [1.165, 1.54) is 12.1 Å². The predicted molar refractivity (Wildman–Crippen MR) is 99.7 cm³/mol. The fourth-order valence-electron chi connectivity index (χ4n) is 2.55. The quantitative estimate of drug-likeness (QED) is 0.514. The van der Waals surface area contributed by atoms with Crippen LogP contribution in [0.25, 0.3) is 23.0 Å². The average molecular weight is 398 g/mol. The Balaban J connectivity index is 1.30. The lowest BCUT2D eigenvalue weighted by molar-refractivity contribution is -0.120. The standard InChI is InChI=1S/C18H15FN6O2S/c19-14-3-1-2-12(8-14)9-16(26)20-5-6-25-10-15(22-24-25)18-21-17(23-27-18)13-4-7-28-11-13/h1-4,7-8,10-11H,5-6,9H2,(H,20,26). The topological polar surface area (TPSA) is 98.7 Å². The first-order valence-electron chi connectivity index (χ1n) is 8.45. The Morgan fingerprint density at radius 1 is 1.32 bits per heavy atom. The normalized spacial score (nSPS) is 10.9. The minimum atomic E-state index is -0.358. The van der Waals surface area contributed by atoms with Crippen LogP contribution in [0.3, 0.4) is 0 Å². The van der Waals surface area contributed by atoms with Crippen molar-refractivity contribution in [1.82, 2.24) is 30.5 Å². The zero-order valence-electron chi connectivity index (χ0n) is 14.6. The molecule has 0 aliphatic carbocycles. The maximum Gasteiger partial charge on any atom is 0.280 e. The summed E-state index contributed by atoms with van der Waals surface area (Å²) in [5.74, 6) is 0.227. The number of benzene rings is 1. The van der Waals surface area contributed by atoms with Crippen LogP contribution in [0.4, 0.5) is 4.39 Å². The lowest BCUT2D eigenvalue weighted by Crippen LogP contribution is -2.28. The van der Waals surface area contributed by atoms with Crippen LogP contribution in [0, 0.1) is 5.82 Å². The van der Waals surface area contributed by atoms with Gasteiger partial charge in [-0.15, -0.1) is 5.10 Å². The summed E-state index contributed by atoms with van der Waals surface area (Å²) < 4.78 is 20.0. The molecule has 4 aromatic rings. The summed E-state index contributed by atoms with van der Waals surface area (Å²) in [5.41, 5.74) is 1.96. The number of rotatable bonds is 7. The van der Waals surface area contributed by atoms with Crippen molar-refractivity contribution in [1.29, 1.82) is 0 Å². The van der Waals surface area contributed by atoms with Crippen LogP contribution >= 0.6 is 11.3 Å². The third-order valence-corrected chi connectivity index (χ3v) is 4.56. The molecule has 1 N–H and O–H groups in total. The number of nitrogens with zero attached hydrogens (tertiary/aromatic N) is 5. The summed E-state index contributed by atoms with van der Waals surface area (Å²) in [6.45, 7) is 0.786. The largest absolute Gasteiger partial charge is 0.354 e. The van der Waals surface area contributed by atoms with Crippen molar-refractivity contribution in [2.45, 2.75) is 13.0 Å². The van der Waals surface area contributed by atoms with E-state index in [9.17, 15) is 9.18 Å². The smallest absolute Gasteiger partial charge is 0.280 e. The second-order valence-corrected chi connectivity index (χ2v) is 6.74. The SMILES string of the molecule is O=C(Cc1cccc(F)c1)NCCn1cc(-c2nc(-c3ccsc3)no2)nn1. The number of nitrogens with one attached hydrogen (secondary N) is 1. The molecule has 0 fully saturated rings. The molecule has 0 bridgehead atoms. The number of hydrogen-bond acceptors (Lipinski definition) is 7. The molecule has 0 radical (unpaired) electrons. The van der Waals surface area contributed by atoms with E-state index >= 15 is 0 Å². The zero-order chi connectivity index (χ0) is 19.3. The van der Waals surface area contributed by atoms with Gasteiger partial charge in [-0.25, -0.2) is 9.07 Å². The van der Waals surface area contributed by atoms with Crippen LogP contribution in [0.5, 0.6) is 0 Å². The van der Waals surface area contributed by atoms with Gasteiger partial charge in [0.05, 0.1) is 19.2 Å². The molecule has 142 valence electrons. The number of amides is 1. The molecule has 0 saturated heterocycles. The van der Waals surface area contributed by atoms with E-state index in [1.807, 2.05) is 16.8 Å². The first-order valence-corrected chi connectivity index (χ1v) is 9.39. The molecular weight excluding hydrogens is 383 g/mol. The number of carbonyl (C=O) groups excluding carboxylic acids is 1. The molecule has 1 aromatic carbocycles. The number of carbonyl (C=O) groups is 1. The number of hydrogen-bond donors (Lipinski definition) is 1. The van der Waals surface area contributed by atoms with Crippen LogP contribution in [0.2, 0.25) is 0 Å². The molecule has 0 aliphatic heterocycles. The van der Waals surface area contributed by atoms with Crippen LogP contribution in [-0.2, 0) is 17.8 Å². The van der Waals surface area contributed by atoms with Gasteiger partial charge in [0.25, 0.3) is 5.89 Å². The average Bonchev–Trinajstić information content (AvgIpc) is 3.42. The molecule has 0 unspecified atom stereocenters. The highest BCUT2D eigenvalue weighted by Crippen LogP contribution is 2.22. The molecule has 3 aromatic heterocycles. The van der Waals surface area contributed by atoms with Gasteiger partial charge in [-0.05, 0) is 29.1 Å². The lowest BCUT2D eigenvalue weighted by Gasteiger charge is -2.05. The van der Waals surface area contributed by atoms with Crippen molar-refractivity contribution >= 4 is 17.2 Å². The van der Waals surface area contributed by atoms with E-state index in [-0.39, 0.29) is 24.0 Å². The minimum absolute atomic E-state index is 0.119. The second-order valence-electron chi connectivity index (χ2n) is 5.96. The molecule has 0 aliphatic rings. The highest BCUT2D eigenvalue weighted by atomic mass is 32.1. The molecule has 8 nitrogen and oxygen atoms in total. The molecule has 28 heavy (non-hydrogen) atoms. The monoisotopic (exact) mass is 398 g/mol. The third-order valence-electron chi connectivity index (χ3n) is 3.88. The maximum atomic E-state index is 13.1. The Labute approximate surface area is 163 Å². The van der Waals surface area contributed by atoms with Gasteiger partial charge in [-0.3, -0.25) is 4.79 Å². The van der Waals surface area contributed by atoms with E-state index in [0.29, 0.717) is 30.2 Å². The molecule has 4 rings (SSSR count). The lowest BCUT2D eigenvalue weighted by atomic mass is 10.1. The van der Waals surface area contributed by atoms with Crippen LogP contribution in [0.15, 0.2) is 51.8 Å². The molecule has 3 heterocycles. The fraction of sp³-hybridized carbons (Fsp3) is 0.167. The highest BCUT2D eigenvalue weighted by Gasteiger charge is 2.14. The summed E-state index contributed by atoms with van der Waals surface area (Å²) >= 11 is 1.55. The van der Waals surface area contributed by atoms with E-state index < -0.39 is 0 Å². The Morgan fingerprint density at radius 3 is 3.07 bits per heavy atom. The van der Waals surface area contributed by atoms with E-state index in [4.69, 9.17) is 4.52 Å². The Bertz CT molecular complexity index is 1080. The number of thiophene rings is 1. The van der Waals surface area contributed by atoms with Gasteiger partial charge in [0.1, 0.15) is 5.82 Å². The number of aromatic nitrogens is 5. The predicted octanol–water partition coefficient (Wildman–Crippen LogP) is 2.55. The zero-order valence-corrected chi connectivity index (χ0v) is 15.4. The van der Waals surface area contributed by atoms with Crippen molar-refractivity contribution in [3.05, 3.63) is 58.7 Å². The van der Waals surface area contributed by atoms with Gasteiger partial charge < -0.3 is 9.84 Å². The summed E-state index contributed by atoms with van der Waals surface area (Å²) in [6, 6.07) is 7.88. The molecule has 0 saturated carbocycles. The van der Waals surface area contributed by atoms with Gasteiger partial charge in [0.15, 0.2) is 5.69 Å². The molecule has 0 atom stereocenters. The maximum absolute atomic E-state index is 13.1. The Morgan fingerprint density at radius 2 is 2.25 bits per heavy atom. The van der Waals surface area contributed by atoms with Crippen molar-refractivity contribution in [2.75, 3.05) is 6.54 Å².